The molecule has 164 valence electrons. The molecular formula is C25H26N4O3. The van der Waals surface area contributed by atoms with E-state index >= 15 is 0 Å². The predicted molar refractivity (Wildman–Crippen MR) is 126 cm³/mol. The van der Waals surface area contributed by atoms with Gasteiger partial charge in [0.05, 0.1) is 6.54 Å². The van der Waals surface area contributed by atoms with Crippen molar-refractivity contribution in [3.63, 3.8) is 0 Å². The van der Waals surface area contributed by atoms with Gasteiger partial charge < -0.3 is 20.9 Å². The van der Waals surface area contributed by atoms with E-state index in [0.717, 1.165) is 5.56 Å². The lowest BCUT2D eigenvalue weighted by molar-refractivity contribution is -0.114. The van der Waals surface area contributed by atoms with Gasteiger partial charge in [-0.05, 0) is 42.0 Å². The highest BCUT2D eigenvalue weighted by Gasteiger charge is 2.13. The maximum absolute atomic E-state index is 12.8. The van der Waals surface area contributed by atoms with Crippen LogP contribution in [0.25, 0.3) is 0 Å². The lowest BCUT2D eigenvalue weighted by Crippen LogP contribution is -2.26. The Labute approximate surface area is 187 Å². The Morgan fingerprint density at radius 2 is 1.47 bits per heavy atom. The van der Waals surface area contributed by atoms with Crippen LogP contribution in [0.15, 0.2) is 78.9 Å². The van der Waals surface area contributed by atoms with E-state index in [2.05, 4.69) is 16.0 Å². The largest absolute Gasteiger partial charge is 0.376 e. The molecule has 3 amide bonds. The molecule has 0 saturated carbocycles. The fraction of sp³-hybridized carbons (Fsp3) is 0.160. The van der Waals surface area contributed by atoms with Gasteiger partial charge in [-0.3, -0.25) is 14.4 Å². The maximum atomic E-state index is 12.8. The molecule has 0 bridgehead atoms. The summed E-state index contributed by atoms with van der Waals surface area (Å²) < 4.78 is 0. The average molecular weight is 431 g/mol. The minimum Gasteiger partial charge on any atom is -0.376 e. The third-order valence-electron chi connectivity index (χ3n) is 4.81. The highest BCUT2D eigenvalue weighted by Crippen LogP contribution is 2.15. The van der Waals surface area contributed by atoms with Crippen molar-refractivity contribution in [1.82, 2.24) is 10.2 Å². The summed E-state index contributed by atoms with van der Waals surface area (Å²) >= 11 is 0. The van der Waals surface area contributed by atoms with Gasteiger partial charge in [0, 0.05) is 43.1 Å². The number of carbonyl (C=O) groups is 3. The monoisotopic (exact) mass is 430 g/mol. The number of nitrogens with zero attached hydrogens (tertiary/aromatic N) is 1. The molecule has 0 spiro atoms. The zero-order valence-electron chi connectivity index (χ0n) is 18.1. The van der Waals surface area contributed by atoms with E-state index < -0.39 is 0 Å². The summed E-state index contributed by atoms with van der Waals surface area (Å²) in [5.41, 5.74) is 3.23. The van der Waals surface area contributed by atoms with Gasteiger partial charge in [-0.1, -0.05) is 42.5 Å². The van der Waals surface area contributed by atoms with E-state index in [-0.39, 0.29) is 24.3 Å². The first-order valence-corrected chi connectivity index (χ1v) is 10.2. The van der Waals surface area contributed by atoms with Crippen molar-refractivity contribution in [3.05, 3.63) is 95.6 Å². The summed E-state index contributed by atoms with van der Waals surface area (Å²) in [4.78, 5) is 38.5. The lowest BCUT2D eigenvalue weighted by atomic mass is 10.1. The van der Waals surface area contributed by atoms with Crippen molar-refractivity contribution in [2.75, 3.05) is 31.3 Å². The fourth-order valence-electron chi connectivity index (χ4n) is 3.18. The minimum absolute atomic E-state index is 0.0171. The van der Waals surface area contributed by atoms with E-state index in [1.165, 1.54) is 0 Å². The van der Waals surface area contributed by atoms with E-state index in [9.17, 15) is 14.4 Å². The third kappa shape index (κ3) is 6.18. The molecule has 3 rings (SSSR count). The molecule has 7 heteroatoms. The van der Waals surface area contributed by atoms with Crippen LogP contribution in [0.1, 0.15) is 26.3 Å². The molecule has 0 saturated heterocycles. The molecule has 3 N–H and O–H groups in total. The Morgan fingerprint density at radius 1 is 0.812 bits per heavy atom. The molecule has 3 aromatic carbocycles. The average Bonchev–Trinajstić information content (AvgIpc) is 2.82. The number of amides is 3. The number of carbonyl (C=O) groups excluding carboxylic acids is 3. The van der Waals surface area contributed by atoms with Gasteiger partial charge in [0.2, 0.25) is 5.91 Å². The number of anilines is 2. The van der Waals surface area contributed by atoms with Crippen LogP contribution in [0.3, 0.4) is 0 Å². The fourth-order valence-corrected chi connectivity index (χ4v) is 3.18. The number of nitrogens with one attached hydrogen (secondary N) is 3. The van der Waals surface area contributed by atoms with Crippen molar-refractivity contribution >= 4 is 29.1 Å². The minimum atomic E-state index is -0.266. The number of benzene rings is 3. The standard InChI is InChI=1S/C25H26N4O3/c1-26-24(31)19-10-6-12-21(14-19)27-16-23(30)28-22-13-7-11-20(15-22)25(32)29(2)17-18-8-4-3-5-9-18/h3-15,27H,16-17H2,1-2H3,(H,26,31)(H,28,30). The first kappa shape index (κ1) is 22.6. The first-order chi connectivity index (χ1) is 15.5. The predicted octanol–water partition coefficient (Wildman–Crippen LogP) is 3.37. The molecule has 0 fully saturated rings. The molecule has 0 radical (unpaired) electrons. The quantitative estimate of drug-likeness (QED) is 0.511. The van der Waals surface area contributed by atoms with Crippen molar-refractivity contribution < 1.29 is 14.4 Å². The molecule has 0 aliphatic carbocycles. The van der Waals surface area contributed by atoms with Gasteiger partial charge in [-0.2, -0.15) is 0 Å². The normalized spacial score (nSPS) is 10.2. The molecule has 0 unspecified atom stereocenters. The topological polar surface area (TPSA) is 90.5 Å². The van der Waals surface area contributed by atoms with E-state index in [4.69, 9.17) is 0 Å². The van der Waals surface area contributed by atoms with Crippen LogP contribution >= 0.6 is 0 Å². The van der Waals surface area contributed by atoms with Crippen LogP contribution in [0.5, 0.6) is 0 Å². The SMILES string of the molecule is CNC(=O)c1cccc(NCC(=O)Nc2cccc(C(=O)N(C)Cc3ccccc3)c2)c1. The Kier molecular flexibility index (Phi) is 7.59. The second-order valence-electron chi connectivity index (χ2n) is 7.29. The summed E-state index contributed by atoms with van der Waals surface area (Å²) in [6.07, 6.45) is 0. The summed E-state index contributed by atoms with van der Waals surface area (Å²) in [6.45, 7) is 0.512. The smallest absolute Gasteiger partial charge is 0.253 e. The zero-order valence-corrected chi connectivity index (χ0v) is 18.1. The number of rotatable bonds is 8. The number of hydrogen-bond acceptors (Lipinski definition) is 4. The molecule has 32 heavy (non-hydrogen) atoms. The molecule has 0 heterocycles. The Bertz CT molecular complexity index is 1100. The van der Waals surface area contributed by atoms with Crippen molar-refractivity contribution in [1.29, 1.82) is 0 Å². The van der Waals surface area contributed by atoms with Gasteiger partial charge in [-0.15, -0.1) is 0 Å². The highest BCUT2D eigenvalue weighted by atomic mass is 16.2. The molecule has 3 aromatic rings. The second-order valence-corrected chi connectivity index (χ2v) is 7.29. The van der Waals surface area contributed by atoms with E-state index in [1.807, 2.05) is 30.3 Å². The van der Waals surface area contributed by atoms with Gasteiger partial charge >= 0.3 is 0 Å². The van der Waals surface area contributed by atoms with Crippen molar-refractivity contribution in [2.45, 2.75) is 6.54 Å². The van der Waals surface area contributed by atoms with Crippen LogP contribution < -0.4 is 16.0 Å². The molecule has 0 aromatic heterocycles. The van der Waals surface area contributed by atoms with Gasteiger partial charge in [0.25, 0.3) is 11.8 Å². The number of hydrogen-bond donors (Lipinski definition) is 3. The van der Waals surface area contributed by atoms with Crippen LogP contribution in [-0.4, -0.2) is 43.3 Å². The van der Waals surface area contributed by atoms with Gasteiger partial charge in [-0.25, -0.2) is 0 Å². The summed E-state index contributed by atoms with van der Waals surface area (Å²) in [5, 5.41) is 8.36. The molecule has 0 aliphatic rings. The van der Waals surface area contributed by atoms with Crippen molar-refractivity contribution in [3.8, 4) is 0 Å². The van der Waals surface area contributed by atoms with E-state index in [0.29, 0.717) is 29.0 Å². The maximum Gasteiger partial charge on any atom is 0.253 e. The zero-order chi connectivity index (χ0) is 22.9. The lowest BCUT2D eigenvalue weighted by Gasteiger charge is -2.18. The third-order valence-corrected chi connectivity index (χ3v) is 4.81. The summed E-state index contributed by atoms with van der Waals surface area (Å²) in [7, 11) is 3.31. The van der Waals surface area contributed by atoms with Crippen LogP contribution in [-0.2, 0) is 11.3 Å². The summed E-state index contributed by atoms with van der Waals surface area (Å²) in [6, 6.07) is 23.5. The Hall–Kier alpha value is -4.13. The van der Waals surface area contributed by atoms with E-state index in [1.54, 1.807) is 67.5 Å². The van der Waals surface area contributed by atoms with Crippen LogP contribution in [0, 0.1) is 0 Å². The van der Waals surface area contributed by atoms with Gasteiger partial charge in [0.1, 0.15) is 0 Å². The van der Waals surface area contributed by atoms with Crippen molar-refractivity contribution in [2.24, 2.45) is 0 Å². The first-order valence-electron chi connectivity index (χ1n) is 10.2. The van der Waals surface area contributed by atoms with Crippen LogP contribution in [0.4, 0.5) is 11.4 Å². The summed E-state index contributed by atoms with van der Waals surface area (Å²) in [5.74, 6) is -0.594. The molecule has 0 atom stereocenters. The Balaban J connectivity index is 1.57. The molecule has 7 nitrogen and oxygen atoms in total. The molecular weight excluding hydrogens is 404 g/mol. The van der Waals surface area contributed by atoms with Crippen LogP contribution in [0.2, 0.25) is 0 Å². The van der Waals surface area contributed by atoms with Gasteiger partial charge in [0.15, 0.2) is 0 Å². The Morgan fingerprint density at radius 3 is 2.19 bits per heavy atom. The highest BCUT2D eigenvalue weighted by molar-refractivity contribution is 5.98. The molecule has 0 aliphatic heterocycles. The second kappa shape index (κ2) is 10.8.